The predicted molar refractivity (Wildman–Crippen MR) is 82.6 cm³/mol. The van der Waals surface area contributed by atoms with Gasteiger partial charge in [-0.05, 0) is 36.4 Å². The Morgan fingerprint density at radius 1 is 1.48 bits per heavy atom. The monoisotopic (exact) mass is 301 g/mol. The van der Waals surface area contributed by atoms with Crippen molar-refractivity contribution in [3.05, 3.63) is 40.2 Å². The Labute approximate surface area is 126 Å². The van der Waals surface area contributed by atoms with Crippen LogP contribution in [-0.2, 0) is 16.0 Å². The van der Waals surface area contributed by atoms with Crippen LogP contribution in [0.5, 0.6) is 0 Å². The summed E-state index contributed by atoms with van der Waals surface area (Å²) in [6, 6.07) is 5.80. The Kier molecular flexibility index (Phi) is 3.70. The zero-order chi connectivity index (χ0) is 14.8. The molecule has 1 N–H and O–H groups in total. The first-order valence-corrected chi connectivity index (χ1v) is 7.61. The SMILES string of the molecule is Cc1ccnc2c1NC(=O)CN2C(=O)CCc1cccs1. The van der Waals surface area contributed by atoms with Crippen LogP contribution in [0.15, 0.2) is 29.8 Å². The van der Waals surface area contributed by atoms with Gasteiger partial charge in [-0.15, -0.1) is 11.3 Å². The summed E-state index contributed by atoms with van der Waals surface area (Å²) >= 11 is 1.63. The van der Waals surface area contributed by atoms with Crippen LogP contribution in [0, 0.1) is 6.92 Å². The van der Waals surface area contributed by atoms with Gasteiger partial charge in [0.2, 0.25) is 11.8 Å². The zero-order valence-electron chi connectivity index (χ0n) is 11.6. The summed E-state index contributed by atoms with van der Waals surface area (Å²) in [4.78, 5) is 31.1. The van der Waals surface area contributed by atoms with E-state index in [0.717, 1.165) is 5.56 Å². The van der Waals surface area contributed by atoms with Gasteiger partial charge in [-0.25, -0.2) is 4.98 Å². The Balaban J connectivity index is 1.80. The fourth-order valence-electron chi connectivity index (χ4n) is 2.33. The third kappa shape index (κ3) is 2.80. The molecule has 0 bridgehead atoms. The molecular weight excluding hydrogens is 286 g/mol. The van der Waals surface area contributed by atoms with Gasteiger partial charge in [0.05, 0.1) is 5.69 Å². The molecule has 2 amide bonds. The molecule has 0 saturated heterocycles. The highest BCUT2D eigenvalue weighted by atomic mass is 32.1. The first kappa shape index (κ1) is 13.8. The number of aryl methyl sites for hydroxylation is 2. The number of thiophene rings is 1. The van der Waals surface area contributed by atoms with Gasteiger partial charge in [0.1, 0.15) is 6.54 Å². The molecule has 0 radical (unpaired) electrons. The van der Waals surface area contributed by atoms with Gasteiger partial charge < -0.3 is 5.32 Å². The summed E-state index contributed by atoms with van der Waals surface area (Å²) < 4.78 is 0. The van der Waals surface area contributed by atoms with Crippen LogP contribution < -0.4 is 10.2 Å². The molecule has 3 heterocycles. The average Bonchev–Trinajstić information content (AvgIpc) is 2.98. The van der Waals surface area contributed by atoms with Crippen molar-refractivity contribution >= 4 is 34.7 Å². The smallest absolute Gasteiger partial charge is 0.244 e. The molecule has 0 spiro atoms. The molecule has 0 unspecified atom stereocenters. The van der Waals surface area contributed by atoms with Crippen LogP contribution in [-0.4, -0.2) is 23.3 Å². The van der Waals surface area contributed by atoms with Crippen molar-refractivity contribution < 1.29 is 9.59 Å². The summed E-state index contributed by atoms with van der Waals surface area (Å²) in [6.07, 6.45) is 2.73. The number of hydrogen-bond acceptors (Lipinski definition) is 4. The number of amides is 2. The molecule has 21 heavy (non-hydrogen) atoms. The van der Waals surface area contributed by atoms with Crippen LogP contribution in [0.2, 0.25) is 0 Å². The molecule has 5 nitrogen and oxygen atoms in total. The highest BCUT2D eigenvalue weighted by molar-refractivity contribution is 7.09. The van der Waals surface area contributed by atoms with E-state index in [1.54, 1.807) is 17.5 Å². The summed E-state index contributed by atoms with van der Waals surface area (Å²) in [6.45, 7) is 1.92. The number of carbonyl (C=O) groups excluding carboxylic acids is 2. The fourth-order valence-corrected chi connectivity index (χ4v) is 3.04. The minimum absolute atomic E-state index is 0.0345. The van der Waals surface area contributed by atoms with E-state index in [4.69, 9.17) is 0 Å². The van der Waals surface area contributed by atoms with Crippen LogP contribution in [0.1, 0.15) is 16.9 Å². The fraction of sp³-hybridized carbons (Fsp3) is 0.267. The number of fused-ring (bicyclic) bond motifs is 1. The van der Waals surface area contributed by atoms with Crippen LogP contribution in [0.4, 0.5) is 11.5 Å². The van der Waals surface area contributed by atoms with Gasteiger partial charge in [0.15, 0.2) is 5.82 Å². The lowest BCUT2D eigenvalue weighted by molar-refractivity contribution is -0.121. The number of nitrogens with one attached hydrogen (secondary N) is 1. The van der Waals surface area contributed by atoms with Crippen molar-refractivity contribution in [1.82, 2.24) is 4.98 Å². The van der Waals surface area contributed by atoms with E-state index in [-0.39, 0.29) is 18.4 Å². The highest BCUT2D eigenvalue weighted by Gasteiger charge is 2.28. The molecule has 2 aromatic rings. The summed E-state index contributed by atoms with van der Waals surface area (Å²) in [7, 11) is 0. The first-order valence-electron chi connectivity index (χ1n) is 6.73. The maximum Gasteiger partial charge on any atom is 0.244 e. The minimum atomic E-state index is -0.178. The molecule has 6 heteroatoms. The molecule has 0 atom stereocenters. The standard InChI is InChI=1S/C15H15N3O2S/c1-10-6-7-16-15-14(10)17-12(19)9-18(15)13(20)5-4-11-3-2-8-21-11/h2-3,6-8H,4-5,9H2,1H3,(H,17,19). The molecule has 1 aliphatic heterocycles. The van der Waals surface area contributed by atoms with Gasteiger partial charge in [-0.3, -0.25) is 14.5 Å². The zero-order valence-corrected chi connectivity index (χ0v) is 12.4. The van der Waals surface area contributed by atoms with Crippen molar-refractivity contribution in [2.45, 2.75) is 19.8 Å². The lowest BCUT2D eigenvalue weighted by Crippen LogP contribution is -2.43. The molecular formula is C15H15N3O2S. The summed E-state index contributed by atoms with van der Waals surface area (Å²) in [5.41, 5.74) is 1.54. The lowest BCUT2D eigenvalue weighted by Gasteiger charge is -2.28. The number of anilines is 2. The number of pyridine rings is 1. The minimum Gasteiger partial charge on any atom is -0.321 e. The number of carbonyl (C=O) groups is 2. The van der Waals surface area contributed by atoms with Crippen LogP contribution in [0.25, 0.3) is 0 Å². The van der Waals surface area contributed by atoms with E-state index in [1.807, 2.05) is 30.5 Å². The molecule has 0 aliphatic carbocycles. The second-order valence-electron chi connectivity index (χ2n) is 4.93. The van der Waals surface area contributed by atoms with Crippen molar-refractivity contribution in [2.75, 3.05) is 16.8 Å². The summed E-state index contributed by atoms with van der Waals surface area (Å²) in [5, 5.41) is 4.78. The molecule has 0 aromatic carbocycles. The summed E-state index contributed by atoms with van der Waals surface area (Å²) in [5.74, 6) is 0.298. The number of aromatic nitrogens is 1. The van der Waals surface area contributed by atoms with Crippen molar-refractivity contribution in [3.63, 3.8) is 0 Å². The second-order valence-corrected chi connectivity index (χ2v) is 5.97. The van der Waals surface area contributed by atoms with E-state index in [1.165, 1.54) is 9.78 Å². The Morgan fingerprint density at radius 3 is 3.10 bits per heavy atom. The lowest BCUT2D eigenvalue weighted by atomic mass is 10.1. The van der Waals surface area contributed by atoms with E-state index in [0.29, 0.717) is 24.3 Å². The first-order chi connectivity index (χ1) is 10.1. The van der Waals surface area contributed by atoms with Crippen LogP contribution in [0.3, 0.4) is 0 Å². The van der Waals surface area contributed by atoms with Gasteiger partial charge >= 0.3 is 0 Å². The normalized spacial score (nSPS) is 13.8. The second kappa shape index (κ2) is 5.65. The topological polar surface area (TPSA) is 62.3 Å². The molecule has 108 valence electrons. The van der Waals surface area contributed by atoms with Crippen molar-refractivity contribution in [2.24, 2.45) is 0 Å². The van der Waals surface area contributed by atoms with Gasteiger partial charge in [-0.2, -0.15) is 0 Å². The molecule has 0 fully saturated rings. The quantitative estimate of drug-likeness (QED) is 0.946. The van der Waals surface area contributed by atoms with Crippen molar-refractivity contribution in [1.29, 1.82) is 0 Å². The Hall–Kier alpha value is -2.21. The maximum atomic E-state index is 12.4. The average molecular weight is 301 g/mol. The molecule has 2 aromatic heterocycles. The third-order valence-electron chi connectivity index (χ3n) is 3.43. The van der Waals surface area contributed by atoms with Gasteiger partial charge in [0, 0.05) is 17.5 Å². The van der Waals surface area contributed by atoms with E-state index >= 15 is 0 Å². The van der Waals surface area contributed by atoms with E-state index in [2.05, 4.69) is 10.3 Å². The number of nitrogens with zero attached hydrogens (tertiary/aromatic N) is 2. The number of rotatable bonds is 3. The molecule has 1 aliphatic rings. The molecule has 3 rings (SSSR count). The Bertz CT molecular complexity index is 682. The molecule has 0 saturated carbocycles. The van der Waals surface area contributed by atoms with Gasteiger partial charge in [0.25, 0.3) is 0 Å². The predicted octanol–water partition coefficient (Wildman–Crippen LogP) is 2.37. The van der Waals surface area contributed by atoms with Crippen molar-refractivity contribution in [3.8, 4) is 0 Å². The van der Waals surface area contributed by atoms with Gasteiger partial charge in [-0.1, -0.05) is 6.07 Å². The largest absolute Gasteiger partial charge is 0.321 e. The highest BCUT2D eigenvalue weighted by Crippen LogP contribution is 2.30. The third-order valence-corrected chi connectivity index (χ3v) is 4.36. The van der Waals surface area contributed by atoms with E-state index < -0.39 is 0 Å². The maximum absolute atomic E-state index is 12.4. The van der Waals surface area contributed by atoms with E-state index in [9.17, 15) is 9.59 Å². The number of hydrogen-bond donors (Lipinski definition) is 1. The Morgan fingerprint density at radius 2 is 2.33 bits per heavy atom. The van der Waals surface area contributed by atoms with Crippen LogP contribution >= 0.6 is 11.3 Å².